The Labute approximate surface area is 210 Å². The number of nitrogens with one attached hydrogen (secondary N) is 4. The summed E-state index contributed by atoms with van der Waals surface area (Å²) in [6.45, 7) is 8.79. The predicted molar refractivity (Wildman–Crippen MR) is 135 cm³/mol. The van der Waals surface area contributed by atoms with Crippen molar-refractivity contribution in [3.05, 3.63) is 36.0 Å². The van der Waals surface area contributed by atoms with Gasteiger partial charge in [-0.3, -0.25) is 24.0 Å². The SMILES string of the molecule is CC(C)C[C@H](NC(=O)C(=O)Cc1c[nH]c2ccccc12)C(=O)N[C@@H](CC(C)C)C(=O)N[C@H](C)C(=O)O. The lowest BCUT2D eigenvalue weighted by atomic mass is 9.99. The number of aromatic amines is 1. The minimum absolute atomic E-state index is 0.00850. The van der Waals surface area contributed by atoms with Crippen LogP contribution in [0.5, 0.6) is 0 Å². The minimum atomic E-state index is -1.20. The zero-order valence-electron chi connectivity index (χ0n) is 21.4. The van der Waals surface area contributed by atoms with E-state index in [0.29, 0.717) is 5.56 Å². The van der Waals surface area contributed by atoms with Crippen molar-refractivity contribution in [1.29, 1.82) is 0 Å². The molecule has 0 saturated carbocycles. The Bertz CT molecular complexity index is 1110. The van der Waals surface area contributed by atoms with E-state index < -0.39 is 47.6 Å². The number of carboxylic acids is 1. The van der Waals surface area contributed by atoms with Crippen LogP contribution in [0, 0.1) is 11.8 Å². The van der Waals surface area contributed by atoms with Gasteiger partial charge >= 0.3 is 5.97 Å². The van der Waals surface area contributed by atoms with Crippen molar-refractivity contribution in [3.63, 3.8) is 0 Å². The molecule has 0 fully saturated rings. The molecule has 0 aliphatic carbocycles. The summed E-state index contributed by atoms with van der Waals surface area (Å²) in [5, 5.41) is 17.5. The summed E-state index contributed by atoms with van der Waals surface area (Å²) in [6.07, 6.45) is 2.07. The Morgan fingerprint density at radius 3 is 1.97 bits per heavy atom. The van der Waals surface area contributed by atoms with Crippen LogP contribution in [0.2, 0.25) is 0 Å². The number of H-pyrrole nitrogens is 1. The highest BCUT2D eigenvalue weighted by atomic mass is 16.4. The smallest absolute Gasteiger partial charge is 0.325 e. The first kappa shape index (κ1) is 28.5. The number of aliphatic carboxylic acids is 1. The third kappa shape index (κ3) is 8.21. The average molecular weight is 501 g/mol. The number of benzene rings is 1. The van der Waals surface area contributed by atoms with Crippen molar-refractivity contribution < 1.29 is 29.1 Å². The van der Waals surface area contributed by atoms with E-state index in [-0.39, 0.29) is 31.1 Å². The molecule has 0 aliphatic heterocycles. The molecule has 10 heteroatoms. The van der Waals surface area contributed by atoms with Gasteiger partial charge in [0.05, 0.1) is 0 Å². The normalized spacial score (nSPS) is 13.8. The number of hydrogen-bond donors (Lipinski definition) is 5. The van der Waals surface area contributed by atoms with Gasteiger partial charge in [-0.25, -0.2) is 0 Å². The second-order valence-corrected chi connectivity index (χ2v) is 9.87. The second-order valence-electron chi connectivity index (χ2n) is 9.87. The van der Waals surface area contributed by atoms with Gasteiger partial charge in [-0.05, 0) is 43.2 Å². The highest BCUT2D eigenvalue weighted by Gasteiger charge is 2.30. The van der Waals surface area contributed by atoms with Gasteiger partial charge in [-0.2, -0.15) is 0 Å². The monoisotopic (exact) mass is 500 g/mol. The summed E-state index contributed by atoms with van der Waals surface area (Å²) in [5.41, 5.74) is 1.53. The predicted octanol–water partition coefficient (Wildman–Crippen LogP) is 1.93. The summed E-state index contributed by atoms with van der Waals surface area (Å²) >= 11 is 0. The molecule has 0 unspecified atom stereocenters. The fourth-order valence-corrected chi connectivity index (χ4v) is 3.82. The molecule has 3 amide bonds. The van der Waals surface area contributed by atoms with Crippen molar-refractivity contribution in [2.75, 3.05) is 0 Å². The van der Waals surface area contributed by atoms with E-state index in [9.17, 15) is 24.0 Å². The number of para-hydroxylation sites is 1. The molecule has 196 valence electrons. The fourth-order valence-electron chi connectivity index (χ4n) is 3.82. The molecule has 1 aromatic carbocycles. The number of carbonyl (C=O) groups is 5. The standard InChI is InChI=1S/C26H36N4O6/c1-14(2)10-20(23(32)28-16(5)26(35)36)29-24(33)21(11-15(3)4)30-25(34)22(31)12-17-13-27-19-9-7-6-8-18(17)19/h6-9,13-16,20-21,27H,10-12H2,1-5H3,(H,28,32)(H,29,33)(H,30,34)(H,35,36)/t16-,20+,21+/m1/s1. The molecular weight excluding hydrogens is 464 g/mol. The van der Waals surface area contributed by atoms with Crippen molar-refractivity contribution in [2.24, 2.45) is 11.8 Å². The Hall–Kier alpha value is -3.69. The number of amides is 3. The summed E-state index contributed by atoms with van der Waals surface area (Å²) in [7, 11) is 0. The minimum Gasteiger partial charge on any atom is -0.480 e. The maximum atomic E-state index is 13.1. The Kier molecular flexibility index (Phi) is 10.2. The van der Waals surface area contributed by atoms with E-state index in [2.05, 4.69) is 20.9 Å². The fraction of sp³-hybridized carbons (Fsp3) is 0.500. The molecule has 5 N–H and O–H groups in total. The Balaban J connectivity index is 2.11. The molecule has 0 radical (unpaired) electrons. The molecule has 0 bridgehead atoms. The van der Waals surface area contributed by atoms with Crippen LogP contribution in [0.3, 0.4) is 0 Å². The first-order valence-corrected chi connectivity index (χ1v) is 12.1. The molecule has 1 heterocycles. The zero-order chi connectivity index (χ0) is 27.0. The number of carbonyl (C=O) groups excluding carboxylic acids is 4. The van der Waals surface area contributed by atoms with Crippen LogP contribution in [0.25, 0.3) is 10.9 Å². The van der Waals surface area contributed by atoms with Gasteiger partial charge in [0.25, 0.3) is 5.91 Å². The van der Waals surface area contributed by atoms with E-state index in [0.717, 1.165) is 10.9 Å². The Morgan fingerprint density at radius 1 is 0.833 bits per heavy atom. The lowest BCUT2D eigenvalue weighted by Gasteiger charge is -2.25. The van der Waals surface area contributed by atoms with Gasteiger partial charge in [-0.1, -0.05) is 45.9 Å². The molecule has 1 aromatic heterocycles. The van der Waals surface area contributed by atoms with Gasteiger partial charge in [0.15, 0.2) is 0 Å². The number of aromatic nitrogens is 1. The first-order valence-electron chi connectivity index (χ1n) is 12.1. The van der Waals surface area contributed by atoms with Gasteiger partial charge in [0, 0.05) is 23.5 Å². The molecule has 0 aliphatic rings. The molecule has 2 rings (SSSR count). The van der Waals surface area contributed by atoms with Crippen LogP contribution in [-0.4, -0.2) is 57.7 Å². The lowest BCUT2D eigenvalue weighted by molar-refractivity contribution is -0.142. The third-order valence-electron chi connectivity index (χ3n) is 5.68. The topological polar surface area (TPSA) is 157 Å². The van der Waals surface area contributed by atoms with Crippen molar-refractivity contribution in [2.45, 2.75) is 72.0 Å². The zero-order valence-corrected chi connectivity index (χ0v) is 21.4. The van der Waals surface area contributed by atoms with E-state index in [1.165, 1.54) is 6.92 Å². The van der Waals surface area contributed by atoms with Crippen LogP contribution in [0.1, 0.15) is 53.0 Å². The summed E-state index contributed by atoms with van der Waals surface area (Å²) in [6, 6.07) is 4.27. The van der Waals surface area contributed by atoms with Gasteiger partial charge in [0.1, 0.15) is 18.1 Å². The maximum absolute atomic E-state index is 13.1. The molecule has 0 spiro atoms. The maximum Gasteiger partial charge on any atom is 0.325 e. The second kappa shape index (κ2) is 12.9. The molecule has 10 nitrogen and oxygen atoms in total. The molecule has 0 saturated heterocycles. The number of ketones is 1. The van der Waals surface area contributed by atoms with Crippen LogP contribution in [0.15, 0.2) is 30.5 Å². The van der Waals surface area contributed by atoms with Crippen molar-refractivity contribution >= 4 is 40.4 Å². The highest BCUT2D eigenvalue weighted by molar-refractivity contribution is 6.37. The van der Waals surface area contributed by atoms with Gasteiger partial charge < -0.3 is 26.0 Å². The number of rotatable bonds is 13. The number of hydrogen-bond acceptors (Lipinski definition) is 5. The lowest BCUT2D eigenvalue weighted by Crippen LogP contribution is -2.56. The molecular formula is C26H36N4O6. The van der Waals surface area contributed by atoms with Crippen molar-refractivity contribution in [3.8, 4) is 0 Å². The van der Waals surface area contributed by atoms with Crippen molar-refractivity contribution in [1.82, 2.24) is 20.9 Å². The van der Waals surface area contributed by atoms with Crippen LogP contribution >= 0.6 is 0 Å². The Morgan fingerprint density at radius 2 is 1.39 bits per heavy atom. The number of carboxylic acid groups (broad SMARTS) is 1. The van der Waals surface area contributed by atoms with E-state index in [1.807, 2.05) is 52.0 Å². The quantitative estimate of drug-likeness (QED) is 0.265. The van der Waals surface area contributed by atoms with E-state index in [1.54, 1.807) is 6.20 Å². The summed E-state index contributed by atoms with van der Waals surface area (Å²) < 4.78 is 0. The van der Waals surface area contributed by atoms with Crippen LogP contribution < -0.4 is 16.0 Å². The number of Topliss-reactive ketones (excluding diaryl/α,β-unsaturated/α-hetero) is 1. The van der Waals surface area contributed by atoms with Gasteiger partial charge in [0.2, 0.25) is 17.6 Å². The van der Waals surface area contributed by atoms with Crippen LogP contribution in [0.4, 0.5) is 0 Å². The number of fused-ring (bicyclic) bond motifs is 1. The van der Waals surface area contributed by atoms with Gasteiger partial charge in [-0.15, -0.1) is 0 Å². The van der Waals surface area contributed by atoms with Crippen LogP contribution in [-0.2, 0) is 30.4 Å². The highest BCUT2D eigenvalue weighted by Crippen LogP contribution is 2.18. The molecule has 2 aromatic rings. The molecule has 3 atom stereocenters. The largest absolute Gasteiger partial charge is 0.480 e. The summed E-state index contributed by atoms with van der Waals surface area (Å²) in [4.78, 5) is 65.3. The van der Waals surface area contributed by atoms with E-state index in [4.69, 9.17) is 5.11 Å². The third-order valence-corrected chi connectivity index (χ3v) is 5.68. The first-order chi connectivity index (χ1) is 16.9. The van der Waals surface area contributed by atoms with E-state index >= 15 is 0 Å². The summed E-state index contributed by atoms with van der Waals surface area (Å²) in [5.74, 6) is -3.97. The molecule has 36 heavy (non-hydrogen) atoms. The average Bonchev–Trinajstić information content (AvgIpc) is 3.20.